The molecule has 8 heteroatoms. The lowest BCUT2D eigenvalue weighted by atomic mass is 9.49. The van der Waals surface area contributed by atoms with Crippen molar-refractivity contribution >= 4 is 17.5 Å². The van der Waals surface area contributed by atoms with E-state index in [1.165, 1.54) is 37.5 Å². The minimum absolute atomic E-state index is 0.00125. The van der Waals surface area contributed by atoms with Gasteiger partial charge in [-0.15, -0.1) is 0 Å². The topological polar surface area (TPSA) is 122 Å². The third-order valence-corrected chi connectivity index (χ3v) is 7.48. The molecule has 0 saturated heterocycles. The number of carbonyl (C=O) groups excluding carboxylic acids is 2. The van der Waals surface area contributed by atoms with Gasteiger partial charge in [0.2, 0.25) is 11.8 Å². The molecule has 31 heavy (non-hydrogen) atoms. The van der Waals surface area contributed by atoms with Crippen molar-refractivity contribution in [2.45, 2.75) is 65.0 Å². The Morgan fingerprint density at radius 2 is 1.74 bits per heavy atom. The van der Waals surface area contributed by atoms with Crippen molar-refractivity contribution < 1.29 is 19.6 Å². The number of hydrogen-bond acceptors (Lipinski definition) is 5. The van der Waals surface area contributed by atoms with Crippen LogP contribution in [0.2, 0.25) is 0 Å². The third kappa shape index (κ3) is 4.25. The van der Waals surface area contributed by atoms with Gasteiger partial charge in [0.1, 0.15) is 11.8 Å². The molecule has 4 saturated carbocycles. The monoisotopic (exact) mass is 429 g/mol. The number of nitro groups is 1. The first-order valence-electron chi connectivity index (χ1n) is 11.2. The summed E-state index contributed by atoms with van der Waals surface area (Å²) in [5, 5.41) is 26.7. The SMILES string of the molecule is CC(C)[C@@H](NC(=O)C12CC3CC(CC(C3)C1)C2)C(=O)NCc1cc([N+](=O)[O-])ccc1O. The van der Waals surface area contributed by atoms with E-state index >= 15 is 0 Å². The summed E-state index contributed by atoms with van der Waals surface area (Å²) in [6, 6.07) is 3.01. The zero-order valence-electron chi connectivity index (χ0n) is 18.1. The molecule has 0 spiro atoms. The normalized spacial score (nSPS) is 29.6. The van der Waals surface area contributed by atoms with E-state index in [2.05, 4.69) is 10.6 Å². The number of phenolic OH excluding ortho intramolecular Hbond substituents is 1. The third-order valence-electron chi connectivity index (χ3n) is 7.48. The average Bonchev–Trinajstić information content (AvgIpc) is 2.69. The summed E-state index contributed by atoms with van der Waals surface area (Å²) in [4.78, 5) is 36.7. The highest BCUT2D eigenvalue weighted by Crippen LogP contribution is 2.60. The fourth-order valence-corrected chi connectivity index (χ4v) is 6.34. The summed E-state index contributed by atoms with van der Waals surface area (Å²) in [5.74, 6) is 1.33. The summed E-state index contributed by atoms with van der Waals surface area (Å²) in [6.45, 7) is 3.72. The molecule has 2 amide bonds. The van der Waals surface area contributed by atoms with Crippen LogP contribution >= 0.6 is 0 Å². The Balaban J connectivity index is 1.42. The molecule has 4 fully saturated rings. The molecule has 3 N–H and O–H groups in total. The highest BCUT2D eigenvalue weighted by Gasteiger charge is 2.55. The van der Waals surface area contributed by atoms with E-state index in [0.29, 0.717) is 17.8 Å². The molecule has 0 heterocycles. The molecule has 0 aromatic heterocycles. The minimum Gasteiger partial charge on any atom is -0.508 e. The Bertz CT molecular complexity index is 862. The molecule has 1 aromatic carbocycles. The van der Waals surface area contributed by atoms with E-state index in [1.807, 2.05) is 13.8 Å². The van der Waals surface area contributed by atoms with E-state index < -0.39 is 11.0 Å². The lowest BCUT2D eigenvalue weighted by molar-refractivity contribution is -0.384. The number of carbonyl (C=O) groups is 2. The summed E-state index contributed by atoms with van der Waals surface area (Å²) < 4.78 is 0. The van der Waals surface area contributed by atoms with Crippen LogP contribution < -0.4 is 10.6 Å². The largest absolute Gasteiger partial charge is 0.508 e. The lowest BCUT2D eigenvalue weighted by Gasteiger charge is -2.55. The van der Waals surface area contributed by atoms with Crippen LogP contribution in [0, 0.1) is 39.2 Å². The number of benzene rings is 1. The van der Waals surface area contributed by atoms with Crippen molar-refractivity contribution in [1.29, 1.82) is 0 Å². The minimum atomic E-state index is -0.693. The zero-order valence-corrected chi connectivity index (χ0v) is 18.1. The van der Waals surface area contributed by atoms with Gasteiger partial charge in [0.25, 0.3) is 5.69 Å². The van der Waals surface area contributed by atoms with Gasteiger partial charge in [-0.2, -0.15) is 0 Å². The molecule has 168 valence electrons. The molecule has 5 rings (SSSR count). The van der Waals surface area contributed by atoms with Gasteiger partial charge in [-0.25, -0.2) is 0 Å². The van der Waals surface area contributed by atoms with Crippen molar-refractivity contribution in [3.8, 4) is 5.75 Å². The maximum Gasteiger partial charge on any atom is 0.270 e. The van der Waals surface area contributed by atoms with Gasteiger partial charge in [-0.1, -0.05) is 13.8 Å². The molecule has 4 bridgehead atoms. The van der Waals surface area contributed by atoms with E-state index in [-0.39, 0.29) is 46.7 Å². The molecule has 0 unspecified atom stereocenters. The molecule has 1 atom stereocenters. The summed E-state index contributed by atoms with van der Waals surface area (Å²) >= 11 is 0. The first-order chi connectivity index (χ1) is 14.7. The van der Waals surface area contributed by atoms with Crippen molar-refractivity contribution in [2.75, 3.05) is 0 Å². The van der Waals surface area contributed by atoms with E-state index in [1.54, 1.807) is 0 Å². The van der Waals surface area contributed by atoms with E-state index in [0.717, 1.165) is 19.3 Å². The van der Waals surface area contributed by atoms with Gasteiger partial charge in [0.15, 0.2) is 0 Å². The molecule has 4 aliphatic rings. The molecule has 1 aromatic rings. The number of phenols is 1. The maximum absolute atomic E-state index is 13.4. The van der Waals surface area contributed by atoms with Gasteiger partial charge in [0.05, 0.1) is 4.92 Å². The number of non-ortho nitro benzene ring substituents is 1. The van der Waals surface area contributed by atoms with Gasteiger partial charge in [-0.3, -0.25) is 19.7 Å². The smallest absolute Gasteiger partial charge is 0.270 e. The van der Waals surface area contributed by atoms with Crippen LogP contribution in [0.15, 0.2) is 18.2 Å². The highest BCUT2D eigenvalue weighted by atomic mass is 16.6. The number of hydrogen-bond donors (Lipinski definition) is 3. The van der Waals surface area contributed by atoms with Crippen LogP contribution in [0.4, 0.5) is 5.69 Å². The van der Waals surface area contributed by atoms with E-state index in [9.17, 15) is 24.8 Å². The van der Waals surface area contributed by atoms with Crippen LogP contribution in [-0.2, 0) is 16.1 Å². The predicted octanol–water partition coefficient (Wildman–Crippen LogP) is 3.27. The predicted molar refractivity (Wildman–Crippen MR) is 114 cm³/mol. The highest BCUT2D eigenvalue weighted by molar-refractivity contribution is 5.90. The molecule has 0 aliphatic heterocycles. The van der Waals surface area contributed by atoms with Gasteiger partial charge >= 0.3 is 0 Å². The fourth-order valence-electron chi connectivity index (χ4n) is 6.34. The van der Waals surface area contributed by atoms with Crippen molar-refractivity contribution in [3.05, 3.63) is 33.9 Å². The van der Waals surface area contributed by atoms with Gasteiger partial charge in [0, 0.05) is 29.7 Å². The summed E-state index contributed by atoms with van der Waals surface area (Å²) in [7, 11) is 0. The second-order valence-corrected chi connectivity index (χ2v) is 10.2. The van der Waals surface area contributed by atoms with Crippen LogP contribution in [0.5, 0.6) is 5.75 Å². The second kappa shape index (κ2) is 8.13. The fraction of sp³-hybridized carbons (Fsp3) is 0.652. The molecular weight excluding hydrogens is 398 g/mol. The van der Waals surface area contributed by atoms with E-state index in [4.69, 9.17) is 0 Å². The molecule has 0 radical (unpaired) electrons. The molecule has 8 nitrogen and oxygen atoms in total. The Morgan fingerprint density at radius 3 is 2.26 bits per heavy atom. The number of rotatable bonds is 7. The molecular formula is C23H31N3O5. The van der Waals surface area contributed by atoms with Crippen LogP contribution in [0.25, 0.3) is 0 Å². The lowest BCUT2D eigenvalue weighted by Crippen LogP contribution is -2.58. The summed E-state index contributed by atoms with van der Waals surface area (Å²) in [5.41, 5.74) is -0.226. The van der Waals surface area contributed by atoms with Crippen molar-refractivity contribution in [3.63, 3.8) is 0 Å². The maximum atomic E-state index is 13.4. The number of amides is 2. The van der Waals surface area contributed by atoms with Crippen LogP contribution in [0.3, 0.4) is 0 Å². The zero-order chi connectivity index (χ0) is 22.3. The Hall–Kier alpha value is -2.64. The molecule has 4 aliphatic carbocycles. The first kappa shape index (κ1) is 21.6. The summed E-state index contributed by atoms with van der Waals surface area (Å²) in [6.07, 6.45) is 6.52. The van der Waals surface area contributed by atoms with Crippen LogP contribution in [-0.4, -0.2) is 27.9 Å². The number of nitro benzene ring substituents is 1. The number of nitrogens with one attached hydrogen (secondary N) is 2. The van der Waals surface area contributed by atoms with Gasteiger partial charge in [-0.05, 0) is 68.3 Å². The van der Waals surface area contributed by atoms with Crippen molar-refractivity contribution in [2.24, 2.45) is 29.1 Å². The van der Waals surface area contributed by atoms with Gasteiger partial charge < -0.3 is 15.7 Å². The number of aromatic hydroxyl groups is 1. The average molecular weight is 430 g/mol. The first-order valence-corrected chi connectivity index (χ1v) is 11.2. The number of nitrogens with zero attached hydrogens (tertiary/aromatic N) is 1. The van der Waals surface area contributed by atoms with Crippen molar-refractivity contribution in [1.82, 2.24) is 10.6 Å². The standard InChI is InChI=1S/C23H31N3O5/c1-13(2)20(21(28)24-12-17-8-18(26(30)31)3-4-19(17)27)25-22(29)23-9-14-5-15(10-23)7-16(6-14)11-23/h3-4,8,13-16,20,27H,5-7,9-12H2,1-2H3,(H,24,28)(H,25,29)/t14?,15?,16?,20-,23?/m1/s1. The quantitative estimate of drug-likeness (QED) is 0.454. The Morgan fingerprint density at radius 1 is 1.16 bits per heavy atom. The Kier molecular flexibility index (Phi) is 5.66. The Labute approximate surface area is 181 Å². The van der Waals surface area contributed by atoms with Crippen LogP contribution in [0.1, 0.15) is 57.9 Å². The second-order valence-electron chi connectivity index (χ2n) is 10.2.